The monoisotopic (exact) mass is 429 g/mol. The molecule has 1 aliphatic heterocycles. The van der Waals surface area contributed by atoms with Gasteiger partial charge in [0.05, 0.1) is 16.4 Å². The third-order valence-corrected chi connectivity index (χ3v) is 5.66. The molecule has 29 heavy (non-hydrogen) atoms. The molecule has 3 rings (SSSR count). The van der Waals surface area contributed by atoms with Gasteiger partial charge in [-0.3, -0.25) is 10.1 Å². The zero-order valence-electron chi connectivity index (χ0n) is 17.2. The summed E-state index contributed by atoms with van der Waals surface area (Å²) >= 11 is 11.9. The molecule has 2 N–H and O–H groups in total. The van der Waals surface area contributed by atoms with Gasteiger partial charge in [0.25, 0.3) is 5.91 Å². The molecule has 0 aliphatic carbocycles. The second kappa shape index (κ2) is 9.14. The molecule has 1 fully saturated rings. The van der Waals surface area contributed by atoms with Crippen molar-refractivity contribution in [1.82, 2.24) is 5.32 Å². The second-order valence-electron chi connectivity index (χ2n) is 8.42. The fourth-order valence-corrected chi connectivity index (χ4v) is 4.00. The number of piperidine rings is 1. The summed E-state index contributed by atoms with van der Waals surface area (Å²) in [7, 11) is 0. The number of nitrogens with one attached hydrogen (secondary N) is 2. The zero-order chi connectivity index (χ0) is 21.0. The van der Waals surface area contributed by atoms with E-state index < -0.39 is 0 Å². The van der Waals surface area contributed by atoms with Gasteiger partial charge in [-0.1, -0.05) is 50.6 Å². The maximum Gasteiger partial charge on any atom is 0.257 e. The van der Waals surface area contributed by atoms with E-state index in [2.05, 4.69) is 36.3 Å². The molecule has 0 atom stereocenters. The van der Waals surface area contributed by atoms with Crippen LogP contribution < -0.4 is 15.5 Å². The molecule has 0 unspecified atom stereocenters. The first-order valence-electron chi connectivity index (χ1n) is 10.0. The van der Waals surface area contributed by atoms with E-state index in [1.807, 2.05) is 42.5 Å². The number of hydrogen-bond acceptors (Lipinski definition) is 3. The number of amides is 1. The first-order valence-corrected chi connectivity index (χ1v) is 10.8. The summed E-state index contributed by atoms with van der Waals surface area (Å²) in [6, 6.07) is 13.3. The van der Waals surface area contributed by atoms with Gasteiger partial charge < -0.3 is 10.2 Å². The van der Waals surface area contributed by atoms with Crippen molar-refractivity contribution in [2.75, 3.05) is 23.3 Å². The standard InChI is InChI=1S/C23H28ClN3OS/c1-23(2,3)17-12-10-16(11-13-17)21(28)26-22(29)25-19-9-7-8-18(24)20(19)27-14-5-4-6-15-27/h7-13H,4-6,14-15H2,1-3H3,(H2,25,26,28,29). The molecule has 0 aromatic heterocycles. The molecule has 1 aliphatic rings. The van der Waals surface area contributed by atoms with Crippen LogP contribution in [-0.4, -0.2) is 24.1 Å². The van der Waals surface area contributed by atoms with E-state index >= 15 is 0 Å². The predicted molar refractivity (Wildman–Crippen MR) is 126 cm³/mol. The Morgan fingerprint density at radius 2 is 1.69 bits per heavy atom. The van der Waals surface area contributed by atoms with Crippen LogP contribution in [0.15, 0.2) is 42.5 Å². The third-order valence-electron chi connectivity index (χ3n) is 5.15. The summed E-state index contributed by atoms with van der Waals surface area (Å²) in [6.45, 7) is 8.37. The van der Waals surface area contributed by atoms with Crippen molar-refractivity contribution in [3.05, 3.63) is 58.6 Å². The van der Waals surface area contributed by atoms with Gasteiger partial charge in [-0.2, -0.15) is 0 Å². The Balaban J connectivity index is 1.69. The molecule has 0 saturated carbocycles. The summed E-state index contributed by atoms with van der Waals surface area (Å²) in [5.74, 6) is -0.232. The summed E-state index contributed by atoms with van der Waals surface area (Å²) in [4.78, 5) is 14.9. The van der Waals surface area contributed by atoms with E-state index in [-0.39, 0.29) is 16.4 Å². The largest absolute Gasteiger partial charge is 0.369 e. The molecule has 0 bridgehead atoms. The van der Waals surface area contributed by atoms with Gasteiger partial charge in [0, 0.05) is 18.7 Å². The highest BCUT2D eigenvalue weighted by atomic mass is 35.5. The van der Waals surface area contributed by atoms with E-state index in [0.29, 0.717) is 10.6 Å². The van der Waals surface area contributed by atoms with Crippen LogP contribution in [0.3, 0.4) is 0 Å². The number of para-hydroxylation sites is 1. The number of hydrogen-bond donors (Lipinski definition) is 2. The van der Waals surface area contributed by atoms with E-state index in [1.165, 1.54) is 12.0 Å². The smallest absolute Gasteiger partial charge is 0.257 e. The van der Waals surface area contributed by atoms with Crippen molar-refractivity contribution in [1.29, 1.82) is 0 Å². The summed E-state index contributed by atoms with van der Waals surface area (Å²) < 4.78 is 0. The molecule has 1 amide bonds. The molecular formula is C23H28ClN3OS. The molecular weight excluding hydrogens is 402 g/mol. The first-order chi connectivity index (χ1) is 13.8. The maximum absolute atomic E-state index is 12.6. The summed E-state index contributed by atoms with van der Waals surface area (Å²) in [6.07, 6.45) is 3.54. The van der Waals surface area contributed by atoms with Gasteiger partial charge in [-0.25, -0.2) is 0 Å². The lowest BCUT2D eigenvalue weighted by Gasteiger charge is -2.31. The number of nitrogens with zero attached hydrogens (tertiary/aromatic N) is 1. The SMILES string of the molecule is CC(C)(C)c1ccc(C(=O)NC(=S)Nc2cccc(Cl)c2N2CCCCC2)cc1. The fourth-order valence-electron chi connectivity index (χ4n) is 3.51. The van der Waals surface area contributed by atoms with Gasteiger partial charge in [-0.05, 0) is 66.7 Å². The summed E-state index contributed by atoms with van der Waals surface area (Å²) in [5, 5.41) is 6.87. The number of halogens is 1. The Morgan fingerprint density at radius 3 is 2.31 bits per heavy atom. The van der Waals surface area contributed by atoms with Crippen molar-refractivity contribution in [2.24, 2.45) is 0 Å². The molecule has 154 valence electrons. The Kier molecular flexibility index (Phi) is 6.81. The van der Waals surface area contributed by atoms with Crippen LogP contribution in [-0.2, 0) is 5.41 Å². The van der Waals surface area contributed by atoms with Crippen molar-refractivity contribution in [3.8, 4) is 0 Å². The van der Waals surface area contributed by atoms with E-state index in [4.69, 9.17) is 23.8 Å². The van der Waals surface area contributed by atoms with Gasteiger partial charge in [0.2, 0.25) is 0 Å². The minimum absolute atomic E-state index is 0.0449. The quantitative estimate of drug-likeness (QED) is 0.609. The highest BCUT2D eigenvalue weighted by Crippen LogP contribution is 2.35. The van der Waals surface area contributed by atoms with Crippen LogP contribution in [0.25, 0.3) is 0 Å². The van der Waals surface area contributed by atoms with Crippen molar-refractivity contribution < 1.29 is 4.79 Å². The number of anilines is 2. The molecule has 6 heteroatoms. The third kappa shape index (κ3) is 5.49. The Labute approximate surface area is 183 Å². The summed E-state index contributed by atoms with van der Waals surface area (Å²) in [5.41, 5.74) is 3.56. The average molecular weight is 430 g/mol. The zero-order valence-corrected chi connectivity index (χ0v) is 18.8. The van der Waals surface area contributed by atoms with Crippen molar-refractivity contribution >= 4 is 46.2 Å². The maximum atomic E-state index is 12.6. The fraction of sp³-hybridized carbons (Fsp3) is 0.391. The van der Waals surface area contributed by atoms with Gasteiger partial charge in [0.15, 0.2) is 5.11 Å². The highest BCUT2D eigenvalue weighted by molar-refractivity contribution is 7.80. The normalized spacial score (nSPS) is 14.4. The minimum atomic E-state index is -0.232. The lowest BCUT2D eigenvalue weighted by Crippen LogP contribution is -2.35. The Bertz CT molecular complexity index is 884. The lowest BCUT2D eigenvalue weighted by atomic mass is 9.87. The Hall–Kier alpha value is -2.11. The van der Waals surface area contributed by atoms with E-state index in [9.17, 15) is 4.79 Å². The molecule has 4 nitrogen and oxygen atoms in total. The van der Waals surface area contributed by atoms with Gasteiger partial charge in [-0.15, -0.1) is 0 Å². The average Bonchev–Trinajstić information content (AvgIpc) is 2.68. The number of carbonyl (C=O) groups excluding carboxylic acids is 1. The van der Waals surface area contributed by atoms with Crippen LogP contribution in [0, 0.1) is 0 Å². The lowest BCUT2D eigenvalue weighted by molar-refractivity contribution is 0.0977. The number of benzene rings is 2. The van der Waals surface area contributed by atoms with Gasteiger partial charge >= 0.3 is 0 Å². The Morgan fingerprint density at radius 1 is 1.03 bits per heavy atom. The van der Waals surface area contributed by atoms with Crippen molar-refractivity contribution in [2.45, 2.75) is 45.4 Å². The van der Waals surface area contributed by atoms with Crippen LogP contribution in [0.4, 0.5) is 11.4 Å². The molecule has 1 heterocycles. The molecule has 1 saturated heterocycles. The van der Waals surface area contributed by atoms with Crippen LogP contribution in [0.5, 0.6) is 0 Å². The van der Waals surface area contributed by atoms with Crippen LogP contribution >= 0.6 is 23.8 Å². The minimum Gasteiger partial charge on any atom is -0.369 e. The highest BCUT2D eigenvalue weighted by Gasteiger charge is 2.19. The number of carbonyl (C=O) groups is 1. The molecule has 2 aromatic rings. The number of rotatable bonds is 3. The van der Waals surface area contributed by atoms with Crippen LogP contribution in [0.2, 0.25) is 5.02 Å². The van der Waals surface area contributed by atoms with E-state index in [0.717, 1.165) is 37.3 Å². The molecule has 2 aromatic carbocycles. The first kappa shape index (κ1) is 21.6. The van der Waals surface area contributed by atoms with E-state index in [1.54, 1.807) is 0 Å². The van der Waals surface area contributed by atoms with Gasteiger partial charge in [0.1, 0.15) is 0 Å². The number of thiocarbonyl (C=S) groups is 1. The van der Waals surface area contributed by atoms with Crippen molar-refractivity contribution in [3.63, 3.8) is 0 Å². The molecule has 0 radical (unpaired) electrons. The topological polar surface area (TPSA) is 44.4 Å². The van der Waals surface area contributed by atoms with Crippen LogP contribution in [0.1, 0.15) is 56.0 Å². The second-order valence-corrected chi connectivity index (χ2v) is 9.23. The predicted octanol–water partition coefficient (Wildman–Crippen LogP) is 5.75. The molecule has 0 spiro atoms.